The van der Waals surface area contributed by atoms with E-state index in [2.05, 4.69) is 15.9 Å². The highest BCUT2D eigenvalue weighted by molar-refractivity contribution is 9.08. The van der Waals surface area contributed by atoms with Gasteiger partial charge in [-0.05, 0) is 29.8 Å². The summed E-state index contributed by atoms with van der Waals surface area (Å²) in [5, 5.41) is 11.8. The molecule has 20 heavy (non-hydrogen) atoms. The van der Waals surface area contributed by atoms with E-state index in [1.54, 1.807) is 18.2 Å². The normalized spacial score (nSPS) is 10.3. The van der Waals surface area contributed by atoms with Gasteiger partial charge in [-0.1, -0.05) is 33.6 Å². The molecule has 0 atom stereocenters. The smallest absolute Gasteiger partial charge is 0.314 e. The van der Waals surface area contributed by atoms with Crippen molar-refractivity contribution in [2.45, 2.75) is 5.33 Å². The number of hydrogen-bond acceptors (Lipinski definition) is 3. The van der Waals surface area contributed by atoms with E-state index in [4.69, 9.17) is 16.3 Å². The Kier molecular flexibility index (Phi) is 4.57. The minimum atomic E-state index is -0.709. The first-order valence-electron chi connectivity index (χ1n) is 5.47. The van der Waals surface area contributed by atoms with Crippen LogP contribution in [0.3, 0.4) is 0 Å². The Morgan fingerprint density at radius 1 is 1.25 bits per heavy atom. The summed E-state index contributed by atoms with van der Waals surface area (Å²) in [5.41, 5.74) is 0.488. The van der Waals surface area contributed by atoms with Crippen LogP contribution >= 0.6 is 27.5 Å². The third-order valence-corrected chi connectivity index (χ3v) is 3.43. The number of alkyl halides is 1. The second kappa shape index (κ2) is 6.19. The molecular weight excluding hydrogens is 353 g/mol. The first-order valence-corrected chi connectivity index (χ1v) is 6.97. The Bertz CT molecular complexity index is 666. The molecule has 7 heteroatoms. The quantitative estimate of drug-likeness (QED) is 0.434. The Hall–Kier alpha value is -1.66. The van der Waals surface area contributed by atoms with Gasteiger partial charge in [0.1, 0.15) is 11.6 Å². The van der Waals surface area contributed by atoms with Crippen LogP contribution in [0.25, 0.3) is 0 Å². The standard InChI is InChI=1S/C13H8BrClFNO3/c14-7-8-1-3-12(10(15)5-8)20-13-4-2-9(16)6-11(13)17(18)19/h1-6H,7H2. The number of ether oxygens (including phenoxy) is 1. The number of nitrogens with zero attached hydrogens (tertiary/aromatic N) is 1. The van der Waals surface area contributed by atoms with E-state index < -0.39 is 16.4 Å². The average Bonchev–Trinajstić information content (AvgIpc) is 2.42. The first-order chi connectivity index (χ1) is 9.51. The minimum absolute atomic E-state index is 0.0649. The SMILES string of the molecule is O=[N+]([O-])c1cc(F)ccc1Oc1ccc(CBr)cc1Cl. The van der Waals surface area contributed by atoms with Crippen LogP contribution in [0.5, 0.6) is 11.5 Å². The molecule has 0 bridgehead atoms. The van der Waals surface area contributed by atoms with Crippen LogP contribution in [0, 0.1) is 15.9 Å². The lowest BCUT2D eigenvalue weighted by molar-refractivity contribution is -0.385. The van der Waals surface area contributed by atoms with Gasteiger partial charge in [0.15, 0.2) is 0 Å². The van der Waals surface area contributed by atoms with Gasteiger partial charge in [0.25, 0.3) is 0 Å². The van der Waals surface area contributed by atoms with Crippen LogP contribution < -0.4 is 4.74 Å². The molecule has 0 aliphatic carbocycles. The molecule has 0 saturated heterocycles. The molecule has 2 aromatic rings. The summed E-state index contributed by atoms with van der Waals surface area (Å²) in [5.74, 6) is -0.499. The number of hydrogen-bond donors (Lipinski definition) is 0. The van der Waals surface area contributed by atoms with Crippen molar-refractivity contribution in [3.8, 4) is 11.5 Å². The number of rotatable bonds is 4. The summed E-state index contributed by atoms with van der Waals surface area (Å²) >= 11 is 9.32. The first kappa shape index (κ1) is 14.7. The molecule has 0 spiro atoms. The van der Waals surface area contributed by atoms with Gasteiger partial charge in [0.05, 0.1) is 16.0 Å². The zero-order chi connectivity index (χ0) is 14.7. The van der Waals surface area contributed by atoms with E-state index in [-0.39, 0.29) is 11.5 Å². The van der Waals surface area contributed by atoms with Crippen molar-refractivity contribution in [1.82, 2.24) is 0 Å². The molecule has 2 rings (SSSR count). The number of nitro benzene ring substituents is 1. The van der Waals surface area contributed by atoms with Gasteiger partial charge in [0.2, 0.25) is 5.75 Å². The van der Waals surface area contributed by atoms with Gasteiger partial charge in [0, 0.05) is 5.33 Å². The monoisotopic (exact) mass is 359 g/mol. The fraction of sp³-hybridized carbons (Fsp3) is 0.0769. The third-order valence-electron chi connectivity index (χ3n) is 2.49. The molecular formula is C13H8BrClFNO3. The number of halogens is 3. The second-order valence-corrected chi connectivity index (χ2v) is 4.84. The second-order valence-electron chi connectivity index (χ2n) is 3.87. The Balaban J connectivity index is 2.37. The lowest BCUT2D eigenvalue weighted by atomic mass is 10.2. The highest BCUT2D eigenvalue weighted by atomic mass is 79.9. The van der Waals surface area contributed by atoms with E-state index in [1.165, 1.54) is 6.07 Å². The molecule has 0 N–H and O–H groups in total. The van der Waals surface area contributed by atoms with Crippen LogP contribution in [0.4, 0.5) is 10.1 Å². The van der Waals surface area contributed by atoms with E-state index >= 15 is 0 Å². The number of nitro groups is 1. The van der Waals surface area contributed by atoms with Crippen LogP contribution in [0.1, 0.15) is 5.56 Å². The molecule has 0 aliphatic heterocycles. The molecule has 0 aromatic heterocycles. The van der Waals surface area contributed by atoms with Crippen molar-refractivity contribution in [1.29, 1.82) is 0 Å². The Morgan fingerprint density at radius 2 is 1.95 bits per heavy atom. The highest BCUT2D eigenvalue weighted by Crippen LogP contribution is 2.35. The van der Waals surface area contributed by atoms with Crippen molar-refractivity contribution in [3.05, 3.63) is 62.9 Å². The van der Waals surface area contributed by atoms with E-state index in [1.807, 2.05) is 0 Å². The van der Waals surface area contributed by atoms with E-state index in [9.17, 15) is 14.5 Å². The molecule has 2 aromatic carbocycles. The zero-order valence-electron chi connectivity index (χ0n) is 9.98. The molecule has 0 radical (unpaired) electrons. The maximum Gasteiger partial charge on any atom is 0.314 e. The van der Waals surface area contributed by atoms with Crippen molar-refractivity contribution in [2.75, 3.05) is 0 Å². The van der Waals surface area contributed by atoms with Crippen LogP contribution in [-0.2, 0) is 5.33 Å². The predicted octanol–water partition coefficient (Wildman–Crippen LogP) is 5.07. The molecule has 0 heterocycles. The van der Waals surface area contributed by atoms with Gasteiger partial charge < -0.3 is 4.74 Å². The Morgan fingerprint density at radius 3 is 2.55 bits per heavy atom. The number of benzene rings is 2. The maximum atomic E-state index is 13.0. The molecule has 0 amide bonds. The molecule has 104 valence electrons. The lowest BCUT2D eigenvalue weighted by Crippen LogP contribution is -1.95. The summed E-state index contributed by atoms with van der Waals surface area (Å²) in [4.78, 5) is 10.2. The maximum absolute atomic E-state index is 13.0. The van der Waals surface area contributed by atoms with Gasteiger partial charge in [-0.2, -0.15) is 0 Å². The topological polar surface area (TPSA) is 52.4 Å². The van der Waals surface area contributed by atoms with Crippen molar-refractivity contribution in [2.24, 2.45) is 0 Å². The van der Waals surface area contributed by atoms with E-state index in [0.29, 0.717) is 10.4 Å². The largest absolute Gasteiger partial charge is 0.449 e. The fourth-order valence-corrected chi connectivity index (χ4v) is 2.14. The van der Waals surface area contributed by atoms with Crippen molar-refractivity contribution < 1.29 is 14.1 Å². The molecule has 4 nitrogen and oxygen atoms in total. The van der Waals surface area contributed by atoms with Gasteiger partial charge in [-0.15, -0.1) is 0 Å². The van der Waals surface area contributed by atoms with Crippen LogP contribution in [0.15, 0.2) is 36.4 Å². The highest BCUT2D eigenvalue weighted by Gasteiger charge is 2.18. The minimum Gasteiger partial charge on any atom is -0.449 e. The van der Waals surface area contributed by atoms with Crippen LogP contribution in [0.2, 0.25) is 5.02 Å². The lowest BCUT2D eigenvalue weighted by Gasteiger charge is -2.09. The van der Waals surface area contributed by atoms with Crippen molar-refractivity contribution >= 4 is 33.2 Å². The summed E-state index contributed by atoms with van der Waals surface area (Å²) in [6.07, 6.45) is 0. The molecule has 0 saturated carbocycles. The third kappa shape index (κ3) is 3.26. The molecule has 0 aliphatic rings. The summed E-state index contributed by atoms with van der Waals surface area (Å²) in [6.45, 7) is 0. The predicted molar refractivity (Wildman–Crippen MR) is 77.2 cm³/mol. The molecule has 0 unspecified atom stereocenters. The van der Waals surface area contributed by atoms with Gasteiger partial charge >= 0.3 is 5.69 Å². The average molecular weight is 361 g/mol. The zero-order valence-corrected chi connectivity index (χ0v) is 12.3. The summed E-state index contributed by atoms with van der Waals surface area (Å²) in [6, 6.07) is 8.14. The van der Waals surface area contributed by atoms with Crippen LogP contribution in [-0.4, -0.2) is 4.92 Å². The van der Waals surface area contributed by atoms with Crippen molar-refractivity contribution in [3.63, 3.8) is 0 Å². The molecule has 0 fully saturated rings. The van der Waals surface area contributed by atoms with E-state index in [0.717, 1.165) is 17.7 Å². The summed E-state index contributed by atoms with van der Waals surface area (Å²) < 4.78 is 18.4. The Labute approximate surface area is 127 Å². The van der Waals surface area contributed by atoms with Gasteiger partial charge in [-0.3, -0.25) is 10.1 Å². The summed E-state index contributed by atoms with van der Waals surface area (Å²) in [7, 11) is 0. The fourth-order valence-electron chi connectivity index (χ4n) is 1.55. The van der Waals surface area contributed by atoms with Gasteiger partial charge in [-0.25, -0.2) is 4.39 Å².